The van der Waals surface area contributed by atoms with Crippen molar-refractivity contribution in [1.29, 1.82) is 0 Å². The standard InChI is InChI=1S/C11H12F3NO2.ClH/c1-2-17-9(16)5-8(15)10-6(12)3-4-7(13)11(10)14;/h3-4,8H,2,5,15H2,1H3;1H/t8-;/m1./s1. The monoisotopic (exact) mass is 283 g/mol. The van der Waals surface area contributed by atoms with Crippen LogP contribution in [0.1, 0.15) is 24.9 Å². The van der Waals surface area contributed by atoms with Crippen LogP contribution in [0.25, 0.3) is 0 Å². The third kappa shape index (κ3) is 3.89. The molecule has 0 saturated heterocycles. The maximum absolute atomic E-state index is 13.3. The molecule has 102 valence electrons. The molecule has 7 heteroatoms. The highest BCUT2D eigenvalue weighted by Crippen LogP contribution is 2.23. The third-order valence-electron chi connectivity index (χ3n) is 2.14. The SMILES string of the molecule is CCOC(=O)C[C@@H](N)c1c(F)ccc(F)c1F.Cl. The smallest absolute Gasteiger partial charge is 0.307 e. The van der Waals surface area contributed by atoms with Gasteiger partial charge in [-0.1, -0.05) is 0 Å². The van der Waals surface area contributed by atoms with Crippen LogP contribution in [-0.2, 0) is 9.53 Å². The van der Waals surface area contributed by atoms with Crippen molar-refractivity contribution in [2.45, 2.75) is 19.4 Å². The van der Waals surface area contributed by atoms with Crippen LogP contribution >= 0.6 is 12.4 Å². The summed E-state index contributed by atoms with van der Waals surface area (Å²) in [5.41, 5.74) is 4.81. The molecule has 0 radical (unpaired) electrons. The van der Waals surface area contributed by atoms with Crippen molar-refractivity contribution in [2.24, 2.45) is 5.73 Å². The third-order valence-corrected chi connectivity index (χ3v) is 2.14. The average molecular weight is 284 g/mol. The van der Waals surface area contributed by atoms with Crippen molar-refractivity contribution >= 4 is 18.4 Å². The van der Waals surface area contributed by atoms with E-state index in [2.05, 4.69) is 4.74 Å². The Morgan fingerprint density at radius 1 is 1.33 bits per heavy atom. The van der Waals surface area contributed by atoms with Gasteiger partial charge in [-0.3, -0.25) is 4.79 Å². The van der Waals surface area contributed by atoms with E-state index in [9.17, 15) is 18.0 Å². The second-order valence-electron chi connectivity index (χ2n) is 3.37. The number of carbonyl (C=O) groups excluding carboxylic acids is 1. The van der Waals surface area contributed by atoms with Crippen LogP contribution in [0, 0.1) is 17.5 Å². The lowest BCUT2D eigenvalue weighted by Gasteiger charge is -2.13. The van der Waals surface area contributed by atoms with Gasteiger partial charge in [-0.05, 0) is 19.1 Å². The first kappa shape index (κ1) is 16.7. The van der Waals surface area contributed by atoms with Gasteiger partial charge in [-0.15, -0.1) is 12.4 Å². The molecule has 0 aliphatic rings. The second-order valence-corrected chi connectivity index (χ2v) is 3.37. The van der Waals surface area contributed by atoms with Gasteiger partial charge in [0.25, 0.3) is 0 Å². The molecular weight excluding hydrogens is 271 g/mol. The largest absolute Gasteiger partial charge is 0.466 e. The summed E-state index contributed by atoms with van der Waals surface area (Å²) in [6.45, 7) is 1.73. The number of halogens is 4. The molecule has 3 nitrogen and oxygen atoms in total. The minimum Gasteiger partial charge on any atom is -0.466 e. The number of hydrogen-bond donors (Lipinski definition) is 1. The van der Waals surface area contributed by atoms with Gasteiger partial charge in [0.1, 0.15) is 5.82 Å². The van der Waals surface area contributed by atoms with Crippen molar-refractivity contribution in [2.75, 3.05) is 6.61 Å². The second kappa shape index (κ2) is 7.23. The fourth-order valence-corrected chi connectivity index (χ4v) is 1.38. The number of esters is 1. The van der Waals surface area contributed by atoms with Crippen LogP contribution in [0.4, 0.5) is 13.2 Å². The summed E-state index contributed by atoms with van der Waals surface area (Å²) in [5, 5.41) is 0. The van der Waals surface area contributed by atoms with Gasteiger partial charge >= 0.3 is 5.97 Å². The minimum atomic E-state index is -1.37. The Hall–Kier alpha value is -1.27. The van der Waals surface area contributed by atoms with Gasteiger partial charge in [-0.25, -0.2) is 13.2 Å². The summed E-state index contributed by atoms with van der Waals surface area (Å²) in [5.74, 6) is -4.26. The Kier molecular flexibility index (Phi) is 6.72. The van der Waals surface area contributed by atoms with Crippen LogP contribution < -0.4 is 5.73 Å². The topological polar surface area (TPSA) is 52.3 Å². The van der Waals surface area contributed by atoms with E-state index in [0.29, 0.717) is 6.07 Å². The highest BCUT2D eigenvalue weighted by Gasteiger charge is 2.22. The zero-order valence-corrected chi connectivity index (χ0v) is 10.4. The normalized spacial score (nSPS) is 11.6. The summed E-state index contributed by atoms with van der Waals surface area (Å²) in [7, 11) is 0. The number of nitrogens with two attached hydrogens (primary N) is 1. The number of ether oxygens (including phenoxy) is 1. The number of hydrogen-bond acceptors (Lipinski definition) is 3. The quantitative estimate of drug-likeness (QED) is 0.682. The van der Waals surface area contributed by atoms with E-state index in [1.54, 1.807) is 6.92 Å². The summed E-state index contributed by atoms with van der Waals surface area (Å²) in [6, 6.07) is 0.147. The van der Waals surface area contributed by atoms with Crippen LogP contribution in [0.5, 0.6) is 0 Å². The Balaban J connectivity index is 0.00000289. The van der Waals surface area contributed by atoms with E-state index in [4.69, 9.17) is 5.73 Å². The molecule has 0 unspecified atom stereocenters. The highest BCUT2D eigenvalue weighted by atomic mass is 35.5. The molecule has 0 bridgehead atoms. The molecule has 0 saturated carbocycles. The Labute approximate surface area is 109 Å². The molecule has 0 fully saturated rings. The minimum absolute atomic E-state index is 0. The zero-order chi connectivity index (χ0) is 13.0. The molecule has 0 heterocycles. The predicted molar refractivity (Wildman–Crippen MR) is 61.7 cm³/mol. The van der Waals surface area contributed by atoms with Crippen LogP contribution in [-0.4, -0.2) is 12.6 Å². The first-order valence-electron chi connectivity index (χ1n) is 5.02. The van der Waals surface area contributed by atoms with E-state index in [1.807, 2.05) is 0 Å². The molecule has 0 spiro atoms. The van der Waals surface area contributed by atoms with Crippen LogP contribution in [0.2, 0.25) is 0 Å². The van der Waals surface area contributed by atoms with Crippen LogP contribution in [0.3, 0.4) is 0 Å². The van der Waals surface area contributed by atoms with Crippen molar-refractivity contribution in [1.82, 2.24) is 0 Å². The summed E-state index contributed by atoms with van der Waals surface area (Å²) in [6.07, 6.45) is -0.412. The van der Waals surface area contributed by atoms with E-state index < -0.39 is 41.4 Å². The Morgan fingerprint density at radius 3 is 2.44 bits per heavy atom. The fourth-order valence-electron chi connectivity index (χ4n) is 1.38. The van der Waals surface area contributed by atoms with E-state index in [0.717, 1.165) is 6.07 Å². The lowest BCUT2D eigenvalue weighted by Crippen LogP contribution is -2.20. The maximum Gasteiger partial charge on any atom is 0.307 e. The first-order valence-corrected chi connectivity index (χ1v) is 5.02. The summed E-state index contributed by atoms with van der Waals surface area (Å²) < 4.78 is 44.1. The molecule has 1 aromatic carbocycles. The zero-order valence-electron chi connectivity index (χ0n) is 9.58. The predicted octanol–water partition coefficient (Wildman–Crippen LogP) is 2.48. The van der Waals surface area contributed by atoms with Gasteiger partial charge in [-0.2, -0.15) is 0 Å². The van der Waals surface area contributed by atoms with Gasteiger partial charge in [0.15, 0.2) is 11.6 Å². The van der Waals surface area contributed by atoms with Crippen molar-refractivity contribution in [3.8, 4) is 0 Å². The molecule has 0 aliphatic carbocycles. The molecule has 2 N–H and O–H groups in total. The molecular formula is C11H13ClF3NO2. The number of carbonyl (C=O) groups is 1. The van der Waals surface area contributed by atoms with Gasteiger partial charge < -0.3 is 10.5 Å². The molecule has 1 atom stereocenters. The average Bonchev–Trinajstić information content (AvgIpc) is 2.24. The fraction of sp³-hybridized carbons (Fsp3) is 0.364. The van der Waals surface area contributed by atoms with Gasteiger partial charge in [0, 0.05) is 11.6 Å². The molecule has 0 aromatic heterocycles. The lowest BCUT2D eigenvalue weighted by atomic mass is 10.0. The van der Waals surface area contributed by atoms with Crippen LogP contribution in [0.15, 0.2) is 12.1 Å². The lowest BCUT2D eigenvalue weighted by molar-refractivity contribution is -0.143. The molecule has 1 rings (SSSR count). The van der Waals surface area contributed by atoms with Gasteiger partial charge in [0.2, 0.25) is 0 Å². The number of benzene rings is 1. The molecule has 18 heavy (non-hydrogen) atoms. The Bertz CT molecular complexity index is 429. The van der Waals surface area contributed by atoms with Crippen molar-refractivity contribution in [3.05, 3.63) is 35.1 Å². The highest BCUT2D eigenvalue weighted by molar-refractivity contribution is 5.85. The molecule has 1 aromatic rings. The molecule has 0 amide bonds. The molecule has 0 aliphatic heterocycles. The van der Waals surface area contributed by atoms with E-state index in [1.165, 1.54) is 0 Å². The number of rotatable bonds is 4. The van der Waals surface area contributed by atoms with Gasteiger partial charge in [0.05, 0.1) is 13.0 Å². The van der Waals surface area contributed by atoms with E-state index in [-0.39, 0.29) is 19.0 Å². The summed E-state index contributed by atoms with van der Waals surface area (Å²) in [4.78, 5) is 11.1. The Morgan fingerprint density at radius 2 is 1.89 bits per heavy atom. The van der Waals surface area contributed by atoms with Crippen molar-refractivity contribution < 1.29 is 22.7 Å². The maximum atomic E-state index is 13.3. The van der Waals surface area contributed by atoms with E-state index >= 15 is 0 Å². The van der Waals surface area contributed by atoms with Crippen molar-refractivity contribution in [3.63, 3.8) is 0 Å². The first-order chi connectivity index (χ1) is 7.97. The summed E-state index contributed by atoms with van der Waals surface area (Å²) >= 11 is 0.